The molecule has 0 saturated carbocycles. The summed E-state index contributed by atoms with van der Waals surface area (Å²) >= 11 is 0. The molecule has 0 aromatic heterocycles. The molecule has 44 heavy (non-hydrogen) atoms. The van der Waals surface area contributed by atoms with Gasteiger partial charge in [0.25, 0.3) is 0 Å². The molecule has 0 aliphatic heterocycles. The molecule has 0 saturated heterocycles. The predicted molar refractivity (Wildman–Crippen MR) is 171 cm³/mol. The number of phosphoric acid groups is 1. The molecule has 0 aliphatic carbocycles. The van der Waals surface area contributed by atoms with Gasteiger partial charge in [-0.2, -0.15) is 0 Å². The van der Waals surface area contributed by atoms with Crippen molar-refractivity contribution in [2.75, 3.05) is 19.8 Å². The standard InChI is InChI=1S/C32H62NO10P/c1-3-5-7-9-10-11-12-13-14-15-16-17-18-20-21-23-30(35)33-29(32(37)38)27-43-44(39,40)42-26-28(34)25-41-31(36)24-22-19-8-6-4-2/h28-29,34H,3-27H2,1-2H3,(H,33,35)(H,37,38)(H,39,40). The number of aliphatic hydroxyl groups is 1. The van der Waals surface area contributed by atoms with Crippen LogP contribution in [0.3, 0.4) is 0 Å². The molecule has 3 unspecified atom stereocenters. The monoisotopic (exact) mass is 651 g/mol. The lowest BCUT2D eigenvalue weighted by atomic mass is 10.0. The predicted octanol–water partition coefficient (Wildman–Crippen LogP) is 7.22. The number of rotatable bonds is 32. The molecule has 0 fully saturated rings. The Balaban J connectivity index is 3.97. The Morgan fingerprint density at radius 2 is 1.05 bits per heavy atom. The fraction of sp³-hybridized carbons (Fsp3) is 0.906. The summed E-state index contributed by atoms with van der Waals surface area (Å²) < 4.78 is 26.5. The Labute approximate surface area is 265 Å². The maximum Gasteiger partial charge on any atom is 0.472 e. The van der Waals surface area contributed by atoms with Crippen LogP contribution in [0, 0.1) is 0 Å². The summed E-state index contributed by atoms with van der Waals surface area (Å²) in [5.41, 5.74) is 0. The van der Waals surface area contributed by atoms with Gasteiger partial charge in [0, 0.05) is 12.8 Å². The molecular weight excluding hydrogens is 589 g/mol. The summed E-state index contributed by atoms with van der Waals surface area (Å²) in [6.45, 7) is 2.46. The minimum atomic E-state index is -4.73. The van der Waals surface area contributed by atoms with Gasteiger partial charge in [0.15, 0.2) is 6.04 Å². The van der Waals surface area contributed by atoms with Gasteiger partial charge in [-0.15, -0.1) is 0 Å². The quantitative estimate of drug-likeness (QED) is 0.0331. The fourth-order valence-corrected chi connectivity index (χ4v) is 5.44. The first-order chi connectivity index (χ1) is 21.1. The maximum absolute atomic E-state index is 12.2. The van der Waals surface area contributed by atoms with E-state index in [2.05, 4.69) is 23.7 Å². The Morgan fingerprint density at radius 1 is 0.636 bits per heavy atom. The number of phosphoric ester groups is 1. The number of amides is 1. The number of carboxylic acid groups (broad SMARTS) is 1. The zero-order valence-corrected chi connectivity index (χ0v) is 28.4. The van der Waals surface area contributed by atoms with E-state index in [0.29, 0.717) is 12.8 Å². The minimum absolute atomic E-state index is 0.152. The number of aliphatic carboxylic acids is 1. The largest absolute Gasteiger partial charge is 0.480 e. The Bertz CT molecular complexity index is 782. The number of carboxylic acids is 1. The first-order valence-electron chi connectivity index (χ1n) is 17.1. The van der Waals surface area contributed by atoms with Crippen molar-refractivity contribution in [1.29, 1.82) is 0 Å². The van der Waals surface area contributed by atoms with Crippen molar-refractivity contribution in [3.8, 4) is 0 Å². The van der Waals surface area contributed by atoms with Gasteiger partial charge >= 0.3 is 19.8 Å². The zero-order valence-electron chi connectivity index (χ0n) is 27.5. The first kappa shape index (κ1) is 42.5. The normalized spacial score (nSPS) is 14.1. The Kier molecular flexibility index (Phi) is 27.9. The number of hydrogen-bond donors (Lipinski definition) is 4. The van der Waals surface area contributed by atoms with Crippen molar-refractivity contribution >= 4 is 25.7 Å². The van der Waals surface area contributed by atoms with Gasteiger partial charge < -0.3 is 25.2 Å². The third-order valence-corrected chi connectivity index (χ3v) is 8.35. The van der Waals surface area contributed by atoms with E-state index in [1.54, 1.807) is 0 Å². The third kappa shape index (κ3) is 28.0. The van der Waals surface area contributed by atoms with Crippen LogP contribution < -0.4 is 5.32 Å². The molecule has 0 spiro atoms. The van der Waals surface area contributed by atoms with Crippen LogP contribution in [-0.4, -0.2) is 64.9 Å². The highest BCUT2D eigenvalue weighted by atomic mass is 31.2. The van der Waals surface area contributed by atoms with Crippen LogP contribution in [0.25, 0.3) is 0 Å². The highest BCUT2D eigenvalue weighted by Gasteiger charge is 2.28. The topological polar surface area (TPSA) is 169 Å². The van der Waals surface area contributed by atoms with Crippen molar-refractivity contribution in [2.24, 2.45) is 0 Å². The number of carbonyl (C=O) groups excluding carboxylic acids is 2. The molecule has 0 rings (SSSR count). The van der Waals surface area contributed by atoms with Crippen molar-refractivity contribution in [2.45, 2.75) is 167 Å². The first-order valence-corrected chi connectivity index (χ1v) is 18.6. The molecule has 1 amide bonds. The lowest BCUT2D eigenvalue weighted by Crippen LogP contribution is -2.43. The second-order valence-electron chi connectivity index (χ2n) is 11.7. The molecule has 0 aliphatic rings. The van der Waals surface area contributed by atoms with Crippen LogP contribution in [0.2, 0.25) is 0 Å². The second-order valence-corrected chi connectivity index (χ2v) is 13.2. The highest BCUT2D eigenvalue weighted by Crippen LogP contribution is 2.43. The van der Waals surface area contributed by atoms with Crippen LogP contribution in [-0.2, 0) is 32.7 Å². The highest BCUT2D eigenvalue weighted by molar-refractivity contribution is 7.47. The van der Waals surface area contributed by atoms with E-state index in [1.165, 1.54) is 70.6 Å². The lowest BCUT2D eigenvalue weighted by Gasteiger charge is -2.18. The average Bonchev–Trinajstić information content (AvgIpc) is 2.98. The number of hydrogen-bond acceptors (Lipinski definition) is 8. The second kappa shape index (κ2) is 28.9. The number of ether oxygens (including phenoxy) is 1. The summed E-state index contributed by atoms with van der Waals surface area (Å²) in [5, 5.41) is 21.6. The number of nitrogens with one attached hydrogen (secondary N) is 1. The van der Waals surface area contributed by atoms with Crippen LogP contribution in [0.5, 0.6) is 0 Å². The molecule has 0 aromatic rings. The molecule has 11 nitrogen and oxygen atoms in total. The van der Waals surface area contributed by atoms with Crippen molar-refractivity contribution < 1.29 is 47.8 Å². The molecule has 0 aromatic carbocycles. The summed E-state index contributed by atoms with van der Waals surface area (Å²) in [6, 6.07) is -1.54. The van der Waals surface area contributed by atoms with E-state index < -0.39 is 57.6 Å². The van der Waals surface area contributed by atoms with Gasteiger partial charge in [0.2, 0.25) is 5.91 Å². The van der Waals surface area contributed by atoms with E-state index in [4.69, 9.17) is 9.26 Å². The van der Waals surface area contributed by atoms with Gasteiger partial charge in [-0.25, -0.2) is 9.36 Å². The van der Waals surface area contributed by atoms with Gasteiger partial charge in [0.1, 0.15) is 12.7 Å². The molecule has 3 atom stereocenters. The van der Waals surface area contributed by atoms with Gasteiger partial charge in [-0.05, 0) is 12.8 Å². The summed E-state index contributed by atoms with van der Waals surface area (Å²) in [6.07, 6.45) is 21.9. The molecule has 0 radical (unpaired) electrons. The summed E-state index contributed by atoms with van der Waals surface area (Å²) in [5.74, 6) is -2.38. The number of carbonyl (C=O) groups is 3. The van der Waals surface area contributed by atoms with E-state index >= 15 is 0 Å². The van der Waals surface area contributed by atoms with Gasteiger partial charge in [-0.1, -0.05) is 129 Å². The number of aliphatic hydroxyl groups excluding tert-OH is 1. The molecule has 0 heterocycles. The van der Waals surface area contributed by atoms with Crippen molar-refractivity contribution in [1.82, 2.24) is 5.32 Å². The van der Waals surface area contributed by atoms with Crippen LogP contribution in [0.15, 0.2) is 0 Å². The smallest absolute Gasteiger partial charge is 0.472 e. The third-order valence-electron chi connectivity index (χ3n) is 7.40. The Morgan fingerprint density at radius 3 is 1.50 bits per heavy atom. The van der Waals surface area contributed by atoms with Crippen LogP contribution in [0.1, 0.15) is 155 Å². The fourth-order valence-electron chi connectivity index (χ4n) is 4.67. The summed E-state index contributed by atoms with van der Waals surface area (Å²) in [7, 11) is -4.73. The molecule has 12 heteroatoms. The van der Waals surface area contributed by atoms with Crippen LogP contribution >= 0.6 is 7.82 Å². The number of esters is 1. The van der Waals surface area contributed by atoms with E-state index in [9.17, 15) is 34.1 Å². The van der Waals surface area contributed by atoms with Crippen molar-refractivity contribution in [3.63, 3.8) is 0 Å². The molecule has 4 N–H and O–H groups in total. The van der Waals surface area contributed by atoms with E-state index in [-0.39, 0.29) is 12.8 Å². The zero-order chi connectivity index (χ0) is 32.9. The van der Waals surface area contributed by atoms with E-state index in [1.807, 2.05) is 0 Å². The van der Waals surface area contributed by atoms with Crippen molar-refractivity contribution in [3.05, 3.63) is 0 Å². The summed E-state index contributed by atoms with van der Waals surface area (Å²) in [4.78, 5) is 45.3. The molecular formula is C32H62NO10P. The minimum Gasteiger partial charge on any atom is -0.480 e. The van der Waals surface area contributed by atoms with Crippen LogP contribution in [0.4, 0.5) is 0 Å². The Hall–Kier alpha value is -1.52. The van der Waals surface area contributed by atoms with Gasteiger partial charge in [-0.3, -0.25) is 18.6 Å². The average molecular weight is 652 g/mol. The maximum atomic E-state index is 12.2. The number of unbranched alkanes of at least 4 members (excludes halogenated alkanes) is 18. The van der Waals surface area contributed by atoms with E-state index in [0.717, 1.165) is 44.9 Å². The lowest BCUT2D eigenvalue weighted by molar-refractivity contribution is -0.147. The molecule has 0 bridgehead atoms. The SMILES string of the molecule is CCCCCCCCCCCCCCCCCC(=O)NC(COP(=O)(O)OCC(O)COC(=O)CCCCCCC)C(=O)O. The molecule has 260 valence electrons. The van der Waals surface area contributed by atoms with Gasteiger partial charge in [0.05, 0.1) is 13.2 Å².